The van der Waals surface area contributed by atoms with E-state index >= 15 is 0 Å². The lowest BCUT2D eigenvalue weighted by Gasteiger charge is -2.33. The minimum absolute atomic E-state index is 0.000718. The molecule has 1 saturated carbocycles. The van der Waals surface area contributed by atoms with Crippen molar-refractivity contribution in [2.45, 2.75) is 201 Å². The van der Waals surface area contributed by atoms with Gasteiger partial charge >= 0.3 is 48.0 Å². The average Bonchev–Trinajstić information content (AvgIpc) is 0.835. The molecule has 0 radical (unpaired) electrons. The highest BCUT2D eigenvalue weighted by Gasteiger charge is 2.41. The summed E-state index contributed by atoms with van der Waals surface area (Å²) in [6.45, 7) is 44.0. The van der Waals surface area contributed by atoms with E-state index in [1.807, 2.05) is 209 Å². The highest BCUT2D eigenvalue weighted by atomic mass is 127. The zero-order chi connectivity index (χ0) is 87.8. The summed E-state index contributed by atoms with van der Waals surface area (Å²) in [5.41, 5.74) is 1.53. The van der Waals surface area contributed by atoms with Gasteiger partial charge in [-0.2, -0.15) is 9.59 Å². The monoisotopic (exact) mass is 2290 g/mol. The Balaban J connectivity index is -0.00000130. The molecular formula is C84H136I6N6O19+6. The third-order valence-corrected chi connectivity index (χ3v) is 21.7. The molecular weight excluding hydrogens is 2160 g/mol. The van der Waals surface area contributed by atoms with E-state index in [9.17, 15) is 43.2 Å². The fraction of sp³-hybridized carbons (Fsp3) is 0.607. The van der Waals surface area contributed by atoms with Crippen molar-refractivity contribution in [1.29, 1.82) is 0 Å². The van der Waals surface area contributed by atoms with Gasteiger partial charge in [-0.25, -0.2) is 10.6 Å². The second-order valence-corrected chi connectivity index (χ2v) is 40.5. The molecule has 3 aromatic carbocycles. The van der Waals surface area contributed by atoms with Crippen LogP contribution >= 0.6 is 136 Å². The van der Waals surface area contributed by atoms with Gasteiger partial charge in [0.2, 0.25) is 0 Å². The van der Waals surface area contributed by atoms with Gasteiger partial charge in [0.15, 0.2) is 0 Å². The smallest absolute Gasteiger partial charge is 0.462 e. The van der Waals surface area contributed by atoms with E-state index in [2.05, 4.69) is 159 Å². The van der Waals surface area contributed by atoms with E-state index in [4.69, 9.17) is 49.1 Å². The zero-order valence-corrected chi connectivity index (χ0v) is 83.7. The summed E-state index contributed by atoms with van der Waals surface area (Å²) in [7, 11) is 0. The molecule has 1 fully saturated rings. The second-order valence-electron chi connectivity index (χ2n) is 29.4. The highest BCUT2D eigenvalue weighted by Crippen LogP contribution is 2.40. The molecule has 25 nitrogen and oxygen atoms in total. The van der Waals surface area contributed by atoms with Crippen molar-refractivity contribution in [2.24, 2.45) is 5.92 Å². The molecule has 5 unspecified atom stereocenters. The lowest BCUT2D eigenvalue weighted by Crippen LogP contribution is -2.89. The molecule has 0 bridgehead atoms. The number of rotatable bonds is 40. The predicted molar refractivity (Wildman–Crippen MR) is 499 cm³/mol. The minimum atomic E-state index is -0.658. The number of quaternary nitrogens is 6. The van der Waals surface area contributed by atoms with E-state index in [1.54, 1.807) is 26.1 Å². The van der Waals surface area contributed by atoms with E-state index < -0.39 is 27.6 Å². The average molecular weight is 2300 g/mol. The lowest BCUT2D eigenvalue weighted by molar-refractivity contribution is -0.655. The van der Waals surface area contributed by atoms with Crippen LogP contribution < -0.4 is 31.9 Å². The lowest BCUT2D eigenvalue weighted by atomic mass is 9.81. The Morgan fingerprint density at radius 3 is 1.39 bits per heavy atom. The van der Waals surface area contributed by atoms with Gasteiger partial charge in [0.05, 0.1) is 32.8 Å². The zero-order valence-electron chi connectivity index (χ0n) is 70.7. The van der Waals surface area contributed by atoms with Crippen molar-refractivity contribution in [1.82, 2.24) is 0 Å². The number of benzene rings is 3. The fourth-order valence-corrected chi connectivity index (χ4v) is 11.7. The van der Waals surface area contributed by atoms with Gasteiger partial charge in [0.25, 0.3) is 6.47 Å². The summed E-state index contributed by atoms with van der Waals surface area (Å²) in [6, 6.07) is 31.1. The molecule has 0 spiro atoms. The number of carbonyl (C=O) groups is 9. The summed E-state index contributed by atoms with van der Waals surface area (Å²) < 4.78 is 49.3. The van der Waals surface area contributed by atoms with Crippen molar-refractivity contribution >= 4 is 190 Å². The standard InChI is InChI=1S/C18H32INO5.C15H20INO4.C13H14INO2.C13H18INO2.2C10H18INO2.C5H10O2/c1-17(2,3)25-16(22)20-10-11-23-12-13-24-15(21)18(4,19)14-8-6-5-7-9-14;1-15(2,3)21-14(19)17-9-10-20-13(18)12(16)11-7-5-4-6-8-11;1-3-15-9-10-17-12(16)13(2,14)11-7-5-4-6-8-11;1-2-8-15-9-10-17-13(16)12(14)11-6-4-3-5-7-11;1-4-5-6-12-7-8-14-9(13)10(2,3)11;1-3-5-6-12-7-8-14-10(13)9(11)4-2;1-5(2,3)7-4-6/h14H,5-13H2,1-4H3,(H,20,22);4-8,12H,9-10H2,1-3H3,(H,17,19);1,4-8,15H,9-10H2,2H3;3-7,12,15H,2,8-10H2,1H3;4-5,12H,6-8H2,1-3H3;3,9,12H,1,4-8H2,2H3;4H,1-3H3/p+6/b;;;;5-4+;;. The number of terminal acetylenes is 1. The normalized spacial score (nSPS) is 13.7. The fourth-order valence-electron chi connectivity index (χ4n) is 8.86. The minimum Gasteiger partial charge on any atom is -0.462 e. The van der Waals surface area contributed by atoms with Gasteiger partial charge in [-0.1, -0.05) is 278 Å². The molecule has 0 heterocycles. The van der Waals surface area contributed by atoms with Crippen molar-refractivity contribution in [3.63, 3.8) is 0 Å². The van der Waals surface area contributed by atoms with Crippen LogP contribution in [0.4, 0.5) is 9.59 Å². The van der Waals surface area contributed by atoms with Crippen LogP contribution in [0, 0.1) is 18.4 Å². The largest absolute Gasteiger partial charge is 0.513 e. The molecule has 0 aliphatic heterocycles. The first-order valence-electron chi connectivity index (χ1n) is 38.9. The van der Waals surface area contributed by atoms with Crippen molar-refractivity contribution in [3.8, 4) is 12.5 Å². The maximum atomic E-state index is 12.3. The Bertz CT molecular complexity index is 3200. The number of nitrogens with two attached hydrogens (primary N) is 6. The van der Waals surface area contributed by atoms with Crippen LogP contribution in [-0.4, -0.2) is 194 Å². The van der Waals surface area contributed by atoms with E-state index in [1.165, 1.54) is 29.9 Å². The van der Waals surface area contributed by atoms with Crippen molar-refractivity contribution in [2.75, 3.05) is 112 Å². The Kier molecular flexibility index (Phi) is 68.8. The molecule has 1 aliphatic rings. The third kappa shape index (κ3) is 65.5. The first kappa shape index (κ1) is 115. The van der Waals surface area contributed by atoms with Crippen LogP contribution in [0.1, 0.15) is 187 Å². The molecule has 3 aromatic rings. The topological polar surface area (TPSA) is 346 Å². The number of carbonyl (C=O) groups excluding carboxylic acids is 9. The SMILES string of the molecule is C#C[NH2+]CCOC(=O)C(C)(I)c1ccccc1.C/C=C/C[NH2+]CCOC(=O)C(C)(C)I.C=CCC[NH2+]CCOC(=O)C(I)CC.CC(C)(C)OC(=O)[NH2+]CCOC(=O)C(I)c1ccccc1.CC(C)(C)OC(=O)[NH2+]CCOCCOC(=O)C(C)(I)C1CCCCC1.CC(C)(C)OC=O.CCC[NH2+]CCOC(=O)C(I)c1ccccc1. The first-order valence-corrected chi connectivity index (χ1v) is 45.9. The van der Waals surface area contributed by atoms with E-state index in [-0.39, 0.29) is 72.5 Å². The Labute approximate surface area is 768 Å². The van der Waals surface area contributed by atoms with Gasteiger partial charge in [-0.05, 0) is 151 Å². The molecule has 2 amide bonds. The van der Waals surface area contributed by atoms with E-state index in [0.717, 1.165) is 88.1 Å². The van der Waals surface area contributed by atoms with Crippen LogP contribution in [0.2, 0.25) is 0 Å². The van der Waals surface area contributed by atoms with Crippen molar-refractivity contribution in [3.05, 3.63) is 132 Å². The molecule has 31 heteroatoms. The Morgan fingerprint density at radius 2 is 0.957 bits per heavy atom. The second kappa shape index (κ2) is 68.7. The maximum Gasteiger partial charge on any atom is 0.513 e. The van der Waals surface area contributed by atoms with Crippen LogP contribution in [0.25, 0.3) is 0 Å². The van der Waals surface area contributed by atoms with Crippen LogP contribution in [0.3, 0.4) is 0 Å². The predicted octanol–water partition coefficient (Wildman–Crippen LogP) is 10.5. The maximum absolute atomic E-state index is 12.3. The third-order valence-electron chi connectivity index (χ3n) is 15.0. The molecule has 4 rings (SSSR count). The molecule has 115 heavy (non-hydrogen) atoms. The number of ether oxygens (including phenoxy) is 10. The van der Waals surface area contributed by atoms with Gasteiger partial charge in [-0.15, -0.1) is 6.58 Å². The number of hydrogen-bond acceptors (Lipinski definition) is 19. The van der Waals surface area contributed by atoms with Gasteiger partial charge < -0.3 is 63.3 Å². The first-order chi connectivity index (χ1) is 54.0. The van der Waals surface area contributed by atoms with Crippen LogP contribution in [0.15, 0.2) is 116 Å². The van der Waals surface area contributed by atoms with E-state index in [0.29, 0.717) is 71.7 Å². The van der Waals surface area contributed by atoms with Crippen LogP contribution in [-0.2, 0) is 84.4 Å². The Morgan fingerprint density at radius 1 is 0.522 bits per heavy atom. The summed E-state index contributed by atoms with van der Waals surface area (Å²) >= 11 is 12.7. The molecule has 0 aromatic heterocycles. The number of hydrogen-bond donors (Lipinski definition) is 6. The summed E-state index contributed by atoms with van der Waals surface area (Å²) in [4.78, 5) is 103. The molecule has 1 aliphatic carbocycles. The summed E-state index contributed by atoms with van der Waals surface area (Å²) in [6.07, 6.45) is 19.2. The number of halogens is 6. The Hall–Kier alpha value is -3.97. The number of primary amides is 2. The number of amides is 2. The highest BCUT2D eigenvalue weighted by molar-refractivity contribution is 14.1. The molecule has 5 atom stereocenters. The van der Waals surface area contributed by atoms with Gasteiger partial charge in [0.1, 0.15) is 124 Å². The van der Waals surface area contributed by atoms with Gasteiger partial charge in [-0.3, -0.25) is 38.9 Å². The van der Waals surface area contributed by atoms with Crippen LogP contribution in [0.5, 0.6) is 0 Å². The quantitative estimate of drug-likeness (QED) is 0.00450. The van der Waals surface area contributed by atoms with Gasteiger partial charge in [0, 0.05) is 6.42 Å². The number of allylic oxidation sites excluding steroid dienone is 1. The molecule has 12 N–H and O–H groups in total. The van der Waals surface area contributed by atoms with Crippen molar-refractivity contribution < 1.29 is 122 Å². The molecule has 652 valence electrons. The number of alkyl halides is 6. The summed E-state index contributed by atoms with van der Waals surface area (Å²) in [5, 5.41) is 10.9. The molecule has 0 saturated heterocycles. The summed E-state index contributed by atoms with van der Waals surface area (Å²) in [5.74, 6) is -0.679. The number of esters is 6.